The number of carbonyl (C=O) groups excluding carboxylic acids is 1. The van der Waals surface area contributed by atoms with Gasteiger partial charge in [-0.05, 0) is 29.7 Å². The second-order valence-electron chi connectivity index (χ2n) is 3.74. The lowest BCUT2D eigenvalue weighted by Crippen LogP contribution is -2.45. The van der Waals surface area contributed by atoms with E-state index in [1.807, 2.05) is 34.2 Å². The number of carbonyl (C=O) groups is 1. The molecule has 0 aliphatic carbocycles. The Morgan fingerprint density at radius 2 is 2.22 bits per heavy atom. The zero-order chi connectivity index (χ0) is 12.8. The lowest BCUT2D eigenvalue weighted by Gasteiger charge is -2.28. The predicted octanol–water partition coefficient (Wildman–Crippen LogP) is 2.21. The van der Waals surface area contributed by atoms with E-state index in [4.69, 9.17) is 12.2 Å². The van der Waals surface area contributed by atoms with Crippen LogP contribution >= 0.6 is 35.3 Å². The van der Waals surface area contributed by atoms with E-state index in [1.54, 1.807) is 17.4 Å². The van der Waals surface area contributed by atoms with Crippen LogP contribution in [0.15, 0.2) is 23.6 Å². The summed E-state index contributed by atoms with van der Waals surface area (Å²) in [7, 11) is 0. The standard InChI is InChI=1S/C12H14N2OS3/c15-11(4-3-10-2-1-7-18-10)13-12(16)14-5-8-17-9-6-14/h1-4,7H,5-6,8-9H2,(H,13,15,16). The quantitative estimate of drug-likeness (QED) is 0.670. The van der Waals surface area contributed by atoms with Crippen molar-refractivity contribution in [1.82, 2.24) is 10.2 Å². The molecular formula is C12H14N2OS3. The Balaban J connectivity index is 1.81. The lowest BCUT2D eigenvalue weighted by molar-refractivity contribution is -0.115. The van der Waals surface area contributed by atoms with Crippen LogP contribution in [-0.2, 0) is 4.79 Å². The zero-order valence-corrected chi connectivity index (χ0v) is 12.2. The molecule has 2 rings (SSSR count). The number of hydrogen-bond acceptors (Lipinski definition) is 4. The minimum atomic E-state index is -0.161. The molecule has 96 valence electrons. The average molecular weight is 298 g/mol. The third-order valence-electron chi connectivity index (χ3n) is 2.47. The van der Waals surface area contributed by atoms with Gasteiger partial charge in [0.25, 0.3) is 0 Å². The lowest BCUT2D eigenvalue weighted by atomic mass is 10.4. The summed E-state index contributed by atoms with van der Waals surface area (Å²) in [6.45, 7) is 1.83. The molecule has 0 aromatic carbocycles. The number of thioether (sulfide) groups is 1. The third-order valence-corrected chi connectivity index (χ3v) is 4.61. The van der Waals surface area contributed by atoms with Gasteiger partial charge in [0, 0.05) is 35.5 Å². The van der Waals surface area contributed by atoms with Gasteiger partial charge in [-0.15, -0.1) is 11.3 Å². The normalized spacial score (nSPS) is 15.9. The molecule has 1 aliphatic heterocycles. The number of hydrogen-bond donors (Lipinski definition) is 1. The monoisotopic (exact) mass is 298 g/mol. The minimum absolute atomic E-state index is 0.161. The maximum Gasteiger partial charge on any atom is 0.250 e. The topological polar surface area (TPSA) is 32.3 Å². The van der Waals surface area contributed by atoms with Crippen LogP contribution in [0.25, 0.3) is 6.08 Å². The molecule has 1 aromatic rings. The minimum Gasteiger partial charge on any atom is -0.347 e. The van der Waals surface area contributed by atoms with E-state index < -0.39 is 0 Å². The van der Waals surface area contributed by atoms with Gasteiger partial charge in [0.1, 0.15) is 0 Å². The van der Waals surface area contributed by atoms with Crippen LogP contribution in [0.1, 0.15) is 4.88 Å². The number of nitrogens with zero attached hydrogens (tertiary/aromatic N) is 1. The number of thiocarbonyl (C=S) groups is 1. The molecule has 0 radical (unpaired) electrons. The Morgan fingerprint density at radius 1 is 1.44 bits per heavy atom. The molecule has 0 bridgehead atoms. The smallest absolute Gasteiger partial charge is 0.250 e. The van der Waals surface area contributed by atoms with Gasteiger partial charge in [0.05, 0.1) is 0 Å². The molecule has 3 nitrogen and oxygen atoms in total. The molecule has 1 N–H and O–H groups in total. The first-order valence-corrected chi connectivity index (χ1v) is 8.09. The maximum absolute atomic E-state index is 11.7. The molecule has 1 aliphatic rings. The Labute approximate surface area is 120 Å². The summed E-state index contributed by atoms with van der Waals surface area (Å²) < 4.78 is 0. The van der Waals surface area contributed by atoms with Crippen molar-refractivity contribution >= 4 is 52.4 Å². The van der Waals surface area contributed by atoms with Gasteiger partial charge in [-0.3, -0.25) is 10.1 Å². The predicted molar refractivity (Wildman–Crippen MR) is 83.0 cm³/mol. The van der Waals surface area contributed by atoms with Crippen molar-refractivity contribution in [3.8, 4) is 0 Å². The Hall–Kier alpha value is -0.850. The third kappa shape index (κ3) is 4.12. The van der Waals surface area contributed by atoms with Gasteiger partial charge >= 0.3 is 0 Å². The van der Waals surface area contributed by atoms with Crippen LogP contribution in [0.2, 0.25) is 0 Å². The van der Waals surface area contributed by atoms with Gasteiger partial charge in [0.15, 0.2) is 5.11 Å². The summed E-state index contributed by atoms with van der Waals surface area (Å²) in [5, 5.41) is 5.26. The Bertz CT molecular complexity index is 436. The van der Waals surface area contributed by atoms with Crippen LogP contribution in [0.3, 0.4) is 0 Å². The van der Waals surface area contributed by atoms with E-state index in [0.29, 0.717) is 5.11 Å². The molecular weight excluding hydrogens is 284 g/mol. The molecule has 0 unspecified atom stereocenters. The summed E-state index contributed by atoms with van der Waals surface area (Å²) in [4.78, 5) is 14.8. The van der Waals surface area contributed by atoms with Crippen LogP contribution < -0.4 is 5.32 Å². The fraction of sp³-hybridized carbons (Fsp3) is 0.333. The first kappa shape index (κ1) is 13.6. The highest BCUT2D eigenvalue weighted by molar-refractivity contribution is 7.99. The fourth-order valence-corrected chi connectivity index (χ4v) is 3.34. The second kappa shape index (κ2) is 6.92. The molecule has 6 heteroatoms. The highest BCUT2D eigenvalue weighted by Crippen LogP contribution is 2.10. The van der Waals surface area contributed by atoms with Crippen LogP contribution in [0, 0.1) is 0 Å². The molecule has 1 amide bonds. The summed E-state index contributed by atoms with van der Waals surface area (Å²) in [6.07, 6.45) is 3.32. The molecule has 1 fully saturated rings. The average Bonchev–Trinajstić information content (AvgIpc) is 2.90. The molecule has 18 heavy (non-hydrogen) atoms. The van der Waals surface area contributed by atoms with Crippen molar-refractivity contribution in [1.29, 1.82) is 0 Å². The van der Waals surface area contributed by atoms with Crippen molar-refractivity contribution in [3.63, 3.8) is 0 Å². The summed E-state index contributed by atoms with van der Waals surface area (Å²) in [6, 6.07) is 3.92. The molecule has 2 heterocycles. The van der Waals surface area contributed by atoms with Gasteiger partial charge in [-0.2, -0.15) is 11.8 Å². The summed E-state index contributed by atoms with van der Waals surface area (Å²) in [5.74, 6) is 1.98. The van der Waals surface area contributed by atoms with Crippen molar-refractivity contribution in [2.45, 2.75) is 0 Å². The van der Waals surface area contributed by atoms with Gasteiger partial charge in [-0.25, -0.2) is 0 Å². The number of amides is 1. The Kier molecular flexibility index (Phi) is 5.22. The van der Waals surface area contributed by atoms with Crippen LogP contribution in [0.5, 0.6) is 0 Å². The molecule has 0 saturated carbocycles. The maximum atomic E-state index is 11.7. The number of nitrogens with one attached hydrogen (secondary N) is 1. The van der Waals surface area contributed by atoms with Gasteiger partial charge in [0.2, 0.25) is 5.91 Å². The molecule has 0 spiro atoms. The second-order valence-corrected chi connectivity index (χ2v) is 6.33. The van der Waals surface area contributed by atoms with Crippen molar-refractivity contribution < 1.29 is 4.79 Å². The summed E-state index contributed by atoms with van der Waals surface area (Å²) in [5.41, 5.74) is 0. The first-order chi connectivity index (χ1) is 8.75. The van der Waals surface area contributed by atoms with E-state index >= 15 is 0 Å². The molecule has 1 saturated heterocycles. The first-order valence-electron chi connectivity index (χ1n) is 5.65. The highest BCUT2D eigenvalue weighted by atomic mass is 32.2. The number of thiophene rings is 1. The van der Waals surface area contributed by atoms with E-state index in [-0.39, 0.29) is 5.91 Å². The van der Waals surface area contributed by atoms with Crippen molar-refractivity contribution in [2.75, 3.05) is 24.6 Å². The van der Waals surface area contributed by atoms with Gasteiger partial charge < -0.3 is 4.90 Å². The van der Waals surface area contributed by atoms with Crippen LogP contribution in [-0.4, -0.2) is 40.5 Å². The largest absolute Gasteiger partial charge is 0.347 e. The molecule has 1 aromatic heterocycles. The number of rotatable bonds is 2. The van der Waals surface area contributed by atoms with Crippen molar-refractivity contribution in [2.24, 2.45) is 0 Å². The van der Waals surface area contributed by atoms with E-state index in [0.717, 1.165) is 29.5 Å². The van der Waals surface area contributed by atoms with Gasteiger partial charge in [-0.1, -0.05) is 6.07 Å². The van der Waals surface area contributed by atoms with Crippen molar-refractivity contribution in [3.05, 3.63) is 28.5 Å². The zero-order valence-electron chi connectivity index (χ0n) is 9.80. The van der Waals surface area contributed by atoms with E-state index in [2.05, 4.69) is 5.32 Å². The highest BCUT2D eigenvalue weighted by Gasteiger charge is 2.14. The SMILES string of the molecule is O=C(C=Cc1cccs1)NC(=S)N1CCSCC1. The Morgan fingerprint density at radius 3 is 2.89 bits per heavy atom. The fourth-order valence-electron chi connectivity index (χ4n) is 1.54. The molecule has 0 atom stereocenters. The summed E-state index contributed by atoms with van der Waals surface area (Å²) >= 11 is 8.73. The van der Waals surface area contributed by atoms with E-state index in [1.165, 1.54) is 6.08 Å². The van der Waals surface area contributed by atoms with E-state index in [9.17, 15) is 4.79 Å². The van der Waals surface area contributed by atoms with Crippen LogP contribution in [0.4, 0.5) is 0 Å².